The number of nitrogens with zero attached hydrogens (tertiary/aromatic N) is 2. The first-order valence-electron chi connectivity index (χ1n) is 7.04. The van der Waals surface area contributed by atoms with Gasteiger partial charge in [-0.25, -0.2) is 0 Å². The van der Waals surface area contributed by atoms with Gasteiger partial charge in [-0.05, 0) is 37.8 Å². The average Bonchev–Trinajstić information content (AvgIpc) is 2.78. The van der Waals surface area contributed by atoms with Gasteiger partial charge in [0.25, 0.3) is 0 Å². The molecule has 4 nitrogen and oxygen atoms in total. The van der Waals surface area contributed by atoms with Crippen LogP contribution >= 0.6 is 0 Å². The van der Waals surface area contributed by atoms with Gasteiger partial charge >= 0.3 is 0 Å². The monoisotopic (exact) mass is 251 g/mol. The molecule has 0 amide bonds. The number of rotatable bonds is 4. The summed E-state index contributed by atoms with van der Waals surface area (Å²) in [6, 6.07) is 0. The van der Waals surface area contributed by atoms with Gasteiger partial charge in [-0.3, -0.25) is 0 Å². The van der Waals surface area contributed by atoms with E-state index in [1.807, 2.05) is 0 Å². The predicted molar refractivity (Wildman–Crippen MR) is 71.5 cm³/mol. The summed E-state index contributed by atoms with van der Waals surface area (Å²) >= 11 is 0. The first kappa shape index (κ1) is 13.5. The quantitative estimate of drug-likeness (QED) is 0.893. The zero-order chi connectivity index (χ0) is 13.2. The molecule has 2 heterocycles. The molecule has 0 saturated carbocycles. The highest BCUT2D eigenvalue weighted by atomic mass is 16.5. The third kappa shape index (κ3) is 2.91. The van der Waals surface area contributed by atoms with Crippen molar-refractivity contribution >= 4 is 0 Å². The van der Waals surface area contributed by atoms with E-state index in [-0.39, 0.29) is 5.41 Å². The number of nitrogens with one attached hydrogen (secondary N) is 1. The average molecular weight is 251 g/mol. The standard InChI is InChI=1S/C14H25N3O/c1-10(2)8-12-16-13(18-17-12)14(3,4)11-6-5-7-15-9-11/h10-11,15H,5-9H2,1-4H3. The molecule has 102 valence electrons. The van der Waals surface area contributed by atoms with Gasteiger partial charge in [0.2, 0.25) is 5.89 Å². The van der Waals surface area contributed by atoms with Gasteiger partial charge in [-0.1, -0.05) is 32.9 Å². The summed E-state index contributed by atoms with van der Waals surface area (Å²) in [4.78, 5) is 4.59. The molecule has 0 aromatic carbocycles. The van der Waals surface area contributed by atoms with Gasteiger partial charge in [0.15, 0.2) is 5.82 Å². The summed E-state index contributed by atoms with van der Waals surface area (Å²) in [6.07, 6.45) is 3.37. The highest BCUT2D eigenvalue weighted by Crippen LogP contribution is 2.34. The van der Waals surface area contributed by atoms with Crippen molar-refractivity contribution in [1.82, 2.24) is 15.5 Å². The smallest absolute Gasteiger partial charge is 0.232 e. The van der Waals surface area contributed by atoms with E-state index >= 15 is 0 Å². The third-order valence-corrected chi connectivity index (χ3v) is 3.93. The molecule has 1 aromatic heterocycles. The largest absolute Gasteiger partial charge is 0.339 e. The third-order valence-electron chi connectivity index (χ3n) is 3.93. The number of piperidine rings is 1. The number of aromatic nitrogens is 2. The van der Waals surface area contributed by atoms with E-state index in [1.54, 1.807) is 0 Å². The van der Waals surface area contributed by atoms with Crippen molar-refractivity contribution in [2.75, 3.05) is 13.1 Å². The zero-order valence-corrected chi connectivity index (χ0v) is 12.0. The van der Waals surface area contributed by atoms with Gasteiger partial charge in [0.1, 0.15) is 0 Å². The molecule has 1 saturated heterocycles. The summed E-state index contributed by atoms with van der Waals surface area (Å²) in [6.45, 7) is 11.0. The van der Waals surface area contributed by atoms with Crippen LogP contribution in [0.15, 0.2) is 4.52 Å². The van der Waals surface area contributed by atoms with Crippen LogP contribution in [-0.4, -0.2) is 23.2 Å². The maximum absolute atomic E-state index is 5.49. The molecular weight excluding hydrogens is 226 g/mol. The molecule has 1 N–H and O–H groups in total. The Hall–Kier alpha value is -0.900. The van der Waals surface area contributed by atoms with Gasteiger partial charge in [0, 0.05) is 11.8 Å². The fourth-order valence-electron chi connectivity index (χ4n) is 2.61. The Labute approximate surface area is 110 Å². The van der Waals surface area contributed by atoms with E-state index in [4.69, 9.17) is 4.52 Å². The van der Waals surface area contributed by atoms with Crippen LogP contribution in [0.3, 0.4) is 0 Å². The zero-order valence-electron chi connectivity index (χ0n) is 12.0. The summed E-state index contributed by atoms with van der Waals surface area (Å²) in [5.41, 5.74) is -0.0321. The minimum atomic E-state index is -0.0321. The molecular formula is C14H25N3O. The summed E-state index contributed by atoms with van der Waals surface area (Å²) in [7, 11) is 0. The van der Waals surface area contributed by atoms with Crippen molar-refractivity contribution in [3.8, 4) is 0 Å². The topological polar surface area (TPSA) is 51.0 Å². The Morgan fingerprint density at radius 3 is 2.83 bits per heavy atom. The normalized spacial score (nSPS) is 21.5. The first-order valence-corrected chi connectivity index (χ1v) is 7.04. The number of hydrogen-bond acceptors (Lipinski definition) is 4. The van der Waals surface area contributed by atoms with Crippen molar-refractivity contribution in [1.29, 1.82) is 0 Å². The van der Waals surface area contributed by atoms with Crippen molar-refractivity contribution in [3.05, 3.63) is 11.7 Å². The van der Waals surface area contributed by atoms with Crippen molar-refractivity contribution in [2.24, 2.45) is 11.8 Å². The second kappa shape index (κ2) is 5.39. The minimum Gasteiger partial charge on any atom is -0.339 e. The molecule has 1 fully saturated rings. The Morgan fingerprint density at radius 2 is 2.22 bits per heavy atom. The van der Waals surface area contributed by atoms with E-state index < -0.39 is 0 Å². The maximum atomic E-state index is 5.49. The van der Waals surface area contributed by atoms with Gasteiger partial charge in [-0.2, -0.15) is 4.98 Å². The SMILES string of the molecule is CC(C)Cc1noc(C(C)(C)C2CCCNC2)n1. The molecule has 0 radical (unpaired) electrons. The molecule has 4 heteroatoms. The number of hydrogen-bond donors (Lipinski definition) is 1. The minimum absolute atomic E-state index is 0.0321. The van der Waals surface area contributed by atoms with E-state index in [1.165, 1.54) is 12.8 Å². The highest BCUT2D eigenvalue weighted by Gasteiger charge is 2.37. The van der Waals surface area contributed by atoms with Crippen LogP contribution in [-0.2, 0) is 11.8 Å². The lowest BCUT2D eigenvalue weighted by Gasteiger charge is -2.34. The molecule has 1 aliphatic heterocycles. The molecule has 1 atom stereocenters. The van der Waals surface area contributed by atoms with Crippen LogP contribution in [0.4, 0.5) is 0 Å². The molecule has 2 rings (SSSR count). The molecule has 0 aliphatic carbocycles. The molecule has 1 unspecified atom stereocenters. The maximum Gasteiger partial charge on any atom is 0.232 e. The van der Waals surface area contributed by atoms with Crippen LogP contribution < -0.4 is 5.32 Å². The lowest BCUT2D eigenvalue weighted by Crippen LogP contribution is -2.40. The predicted octanol–water partition coefficient (Wildman–Crippen LogP) is 2.55. The van der Waals surface area contributed by atoms with Crippen LogP contribution in [0, 0.1) is 11.8 Å². The Balaban J connectivity index is 2.10. The Bertz CT molecular complexity index is 378. The molecule has 1 aromatic rings. The van der Waals surface area contributed by atoms with Crippen LogP contribution in [0.5, 0.6) is 0 Å². The lowest BCUT2D eigenvalue weighted by atomic mass is 9.75. The molecule has 18 heavy (non-hydrogen) atoms. The van der Waals surface area contributed by atoms with Crippen molar-refractivity contribution in [2.45, 2.75) is 52.4 Å². The summed E-state index contributed by atoms with van der Waals surface area (Å²) in [5, 5.41) is 7.57. The Morgan fingerprint density at radius 1 is 1.44 bits per heavy atom. The van der Waals surface area contributed by atoms with Gasteiger partial charge in [-0.15, -0.1) is 0 Å². The van der Waals surface area contributed by atoms with Crippen LogP contribution in [0.2, 0.25) is 0 Å². The summed E-state index contributed by atoms with van der Waals surface area (Å²) in [5.74, 6) is 2.79. The Kier molecular flexibility index (Phi) is 4.05. The van der Waals surface area contributed by atoms with E-state index in [2.05, 4.69) is 43.2 Å². The highest BCUT2D eigenvalue weighted by molar-refractivity contribution is 5.05. The van der Waals surface area contributed by atoms with E-state index in [0.29, 0.717) is 11.8 Å². The van der Waals surface area contributed by atoms with E-state index in [9.17, 15) is 0 Å². The van der Waals surface area contributed by atoms with Gasteiger partial charge in [0.05, 0.1) is 0 Å². The molecule has 0 bridgehead atoms. The first-order chi connectivity index (χ1) is 8.50. The second-order valence-electron chi connectivity index (χ2n) is 6.38. The second-order valence-corrected chi connectivity index (χ2v) is 6.38. The fraction of sp³-hybridized carbons (Fsp3) is 0.857. The molecule has 1 aliphatic rings. The van der Waals surface area contributed by atoms with Crippen LogP contribution in [0.25, 0.3) is 0 Å². The van der Waals surface area contributed by atoms with E-state index in [0.717, 1.165) is 31.2 Å². The fourth-order valence-corrected chi connectivity index (χ4v) is 2.61. The van der Waals surface area contributed by atoms with Crippen molar-refractivity contribution < 1.29 is 4.52 Å². The van der Waals surface area contributed by atoms with Gasteiger partial charge < -0.3 is 9.84 Å². The van der Waals surface area contributed by atoms with Crippen LogP contribution in [0.1, 0.15) is 52.3 Å². The molecule has 0 spiro atoms. The summed E-state index contributed by atoms with van der Waals surface area (Å²) < 4.78 is 5.49. The van der Waals surface area contributed by atoms with Crippen molar-refractivity contribution in [3.63, 3.8) is 0 Å². The lowest BCUT2D eigenvalue weighted by molar-refractivity contribution is 0.196.